The van der Waals surface area contributed by atoms with Crippen LogP contribution in [0.25, 0.3) is 86.3 Å². The van der Waals surface area contributed by atoms with Gasteiger partial charge in [-0.3, -0.25) is 0 Å². The third kappa shape index (κ3) is 5.24. The molecule has 2 aromatic heterocycles. The van der Waals surface area contributed by atoms with Crippen LogP contribution in [0.5, 0.6) is 0 Å². The summed E-state index contributed by atoms with van der Waals surface area (Å²) in [6.45, 7) is 0. The molecule has 0 atom stereocenters. The average molecular weight is 720 g/mol. The summed E-state index contributed by atoms with van der Waals surface area (Å²) in [5, 5.41) is 7.32. The lowest BCUT2D eigenvalue weighted by Gasteiger charge is -2.29. The number of thiophene rings is 1. The maximum atomic E-state index is 6.39. The van der Waals surface area contributed by atoms with Gasteiger partial charge in [-0.15, -0.1) is 11.3 Å². The predicted molar refractivity (Wildman–Crippen MR) is 235 cm³/mol. The number of para-hydroxylation sites is 2. The number of nitrogens with zero attached hydrogens (tertiary/aromatic N) is 1. The maximum absolute atomic E-state index is 6.39. The Morgan fingerprint density at radius 3 is 1.82 bits per heavy atom. The van der Waals surface area contributed by atoms with Crippen LogP contribution in [-0.2, 0) is 0 Å². The molecule has 3 heteroatoms. The quantitative estimate of drug-likeness (QED) is 0.170. The molecule has 0 radical (unpaired) electrons. The van der Waals surface area contributed by atoms with Gasteiger partial charge in [-0.25, -0.2) is 0 Å². The number of fused-ring (bicyclic) bond motifs is 7. The monoisotopic (exact) mass is 719 g/mol. The SMILES string of the molecule is c1cc(-c2cccc3ccccc23)cc(N(c2cccc(-c3cccc4c3sc3ccccc34)c2)c2ccccc2-c2cccc3oc4ccccc4c23)c1. The standard InChI is InChI=1S/C52H33NOS/c1-2-20-39-34(14-1)15-11-24-40(39)35-16-9-18-37(32-35)53(38-19-10-17-36(33-38)41-25-12-27-45-43-22-5-8-31-50(43)55-52(41)45)47-28-6-3-21-42(47)44-26-13-30-49-51(44)46-23-4-7-29-48(46)54-49/h1-33H. The van der Waals surface area contributed by atoms with Crippen molar-refractivity contribution in [1.29, 1.82) is 0 Å². The Balaban J connectivity index is 1.15. The Labute approximate surface area is 322 Å². The van der Waals surface area contributed by atoms with Crippen LogP contribution < -0.4 is 4.90 Å². The van der Waals surface area contributed by atoms with E-state index in [1.165, 1.54) is 53.2 Å². The Hall–Kier alpha value is -6.94. The smallest absolute Gasteiger partial charge is 0.136 e. The average Bonchev–Trinajstić information content (AvgIpc) is 3.83. The molecule has 2 nitrogen and oxygen atoms in total. The second-order valence-electron chi connectivity index (χ2n) is 14.0. The molecule has 0 aliphatic carbocycles. The predicted octanol–water partition coefficient (Wildman–Crippen LogP) is 15.6. The summed E-state index contributed by atoms with van der Waals surface area (Å²) in [5.41, 5.74) is 12.1. The van der Waals surface area contributed by atoms with E-state index in [4.69, 9.17) is 4.42 Å². The molecule has 55 heavy (non-hydrogen) atoms. The van der Waals surface area contributed by atoms with Gasteiger partial charge < -0.3 is 9.32 Å². The van der Waals surface area contributed by atoms with Crippen molar-refractivity contribution in [1.82, 2.24) is 0 Å². The molecule has 11 aromatic rings. The number of benzene rings is 9. The fourth-order valence-electron chi connectivity index (χ4n) is 8.40. The van der Waals surface area contributed by atoms with Crippen LogP contribution in [0.2, 0.25) is 0 Å². The zero-order valence-electron chi connectivity index (χ0n) is 29.8. The fourth-order valence-corrected chi connectivity index (χ4v) is 9.64. The summed E-state index contributed by atoms with van der Waals surface area (Å²) < 4.78 is 9.01. The van der Waals surface area contributed by atoms with Gasteiger partial charge in [-0.2, -0.15) is 0 Å². The van der Waals surface area contributed by atoms with Gasteiger partial charge in [0.05, 0.1) is 5.69 Å². The van der Waals surface area contributed by atoms with Gasteiger partial charge in [0.1, 0.15) is 11.2 Å². The number of hydrogen-bond acceptors (Lipinski definition) is 3. The third-order valence-corrected chi connectivity index (χ3v) is 12.1. The van der Waals surface area contributed by atoms with Crippen molar-refractivity contribution in [2.24, 2.45) is 0 Å². The summed E-state index contributed by atoms with van der Waals surface area (Å²) in [6, 6.07) is 72.2. The van der Waals surface area contributed by atoms with Gasteiger partial charge >= 0.3 is 0 Å². The minimum absolute atomic E-state index is 0.886. The fraction of sp³-hybridized carbons (Fsp3) is 0. The lowest BCUT2D eigenvalue weighted by atomic mass is 9.95. The Bertz CT molecular complexity index is 3240. The number of rotatable bonds is 6. The molecule has 9 aromatic carbocycles. The van der Waals surface area contributed by atoms with E-state index in [2.05, 4.69) is 199 Å². The van der Waals surface area contributed by atoms with Crippen molar-refractivity contribution < 1.29 is 4.42 Å². The molecular formula is C52H33NOS. The van der Waals surface area contributed by atoms with E-state index < -0.39 is 0 Å². The number of hydrogen-bond donors (Lipinski definition) is 0. The molecule has 0 spiro atoms. The van der Waals surface area contributed by atoms with E-state index in [-0.39, 0.29) is 0 Å². The first-order valence-electron chi connectivity index (χ1n) is 18.7. The molecule has 258 valence electrons. The van der Waals surface area contributed by atoms with E-state index in [0.29, 0.717) is 0 Å². The van der Waals surface area contributed by atoms with Crippen LogP contribution >= 0.6 is 11.3 Å². The summed E-state index contributed by atoms with van der Waals surface area (Å²) in [4.78, 5) is 2.43. The molecule has 0 fully saturated rings. The first-order chi connectivity index (χ1) is 27.3. The molecule has 0 saturated heterocycles. The van der Waals surface area contributed by atoms with Crippen LogP contribution in [0.1, 0.15) is 0 Å². The van der Waals surface area contributed by atoms with E-state index in [1.54, 1.807) is 0 Å². The van der Waals surface area contributed by atoms with Crippen LogP contribution in [-0.4, -0.2) is 0 Å². The molecule has 0 aliphatic heterocycles. The molecule has 0 amide bonds. The summed E-state index contributed by atoms with van der Waals surface area (Å²) in [5.74, 6) is 0. The van der Waals surface area contributed by atoms with E-state index in [9.17, 15) is 0 Å². The Morgan fingerprint density at radius 2 is 0.945 bits per heavy atom. The van der Waals surface area contributed by atoms with Crippen molar-refractivity contribution in [3.63, 3.8) is 0 Å². The van der Waals surface area contributed by atoms with Gasteiger partial charge in [-0.05, 0) is 87.1 Å². The zero-order chi connectivity index (χ0) is 36.3. The van der Waals surface area contributed by atoms with Gasteiger partial charge in [0.15, 0.2) is 0 Å². The van der Waals surface area contributed by atoms with Crippen molar-refractivity contribution in [2.45, 2.75) is 0 Å². The van der Waals surface area contributed by atoms with Crippen LogP contribution in [0.15, 0.2) is 205 Å². The maximum Gasteiger partial charge on any atom is 0.136 e. The minimum Gasteiger partial charge on any atom is -0.456 e. The topological polar surface area (TPSA) is 16.4 Å². The van der Waals surface area contributed by atoms with Crippen molar-refractivity contribution >= 4 is 81.3 Å². The molecular weight excluding hydrogens is 687 g/mol. The minimum atomic E-state index is 0.886. The second kappa shape index (κ2) is 12.9. The van der Waals surface area contributed by atoms with Crippen LogP contribution in [0, 0.1) is 0 Å². The first-order valence-corrected chi connectivity index (χ1v) is 19.5. The molecule has 0 aliphatic rings. The lowest BCUT2D eigenvalue weighted by Crippen LogP contribution is -2.11. The molecule has 0 bridgehead atoms. The van der Waals surface area contributed by atoms with Crippen molar-refractivity contribution in [2.75, 3.05) is 4.90 Å². The van der Waals surface area contributed by atoms with Gasteiger partial charge in [0, 0.05) is 47.9 Å². The molecule has 0 saturated carbocycles. The lowest BCUT2D eigenvalue weighted by molar-refractivity contribution is 0.669. The number of anilines is 3. The largest absolute Gasteiger partial charge is 0.456 e. The Morgan fingerprint density at radius 1 is 0.382 bits per heavy atom. The van der Waals surface area contributed by atoms with Crippen LogP contribution in [0.4, 0.5) is 17.1 Å². The van der Waals surface area contributed by atoms with Gasteiger partial charge in [0.25, 0.3) is 0 Å². The van der Waals surface area contributed by atoms with E-state index in [1.807, 2.05) is 17.4 Å². The van der Waals surface area contributed by atoms with Crippen molar-refractivity contribution in [3.05, 3.63) is 200 Å². The van der Waals surface area contributed by atoms with Gasteiger partial charge in [0.2, 0.25) is 0 Å². The first kappa shape index (κ1) is 31.6. The summed E-state index contributed by atoms with van der Waals surface area (Å²) in [7, 11) is 0. The van der Waals surface area contributed by atoms with E-state index >= 15 is 0 Å². The summed E-state index contributed by atoms with van der Waals surface area (Å²) >= 11 is 1.87. The summed E-state index contributed by atoms with van der Waals surface area (Å²) in [6.07, 6.45) is 0. The highest BCUT2D eigenvalue weighted by Gasteiger charge is 2.22. The highest BCUT2D eigenvalue weighted by Crippen LogP contribution is 2.47. The van der Waals surface area contributed by atoms with E-state index in [0.717, 1.165) is 50.1 Å². The van der Waals surface area contributed by atoms with Crippen molar-refractivity contribution in [3.8, 4) is 33.4 Å². The zero-order valence-corrected chi connectivity index (χ0v) is 30.6. The normalized spacial score (nSPS) is 11.6. The molecule has 0 unspecified atom stereocenters. The van der Waals surface area contributed by atoms with Crippen LogP contribution in [0.3, 0.4) is 0 Å². The third-order valence-electron chi connectivity index (χ3n) is 10.9. The highest BCUT2D eigenvalue weighted by atomic mass is 32.1. The van der Waals surface area contributed by atoms with Gasteiger partial charge in [-0.1, -0.05) is 152 Å². The molecule has 0 N–H and O–H groups in total. The Kier molecular flexibility index (Phi) is 7.39. The highest BCUT2D eigenvalue weighted by molar-refractivity contribution is 7.26. The number of furan rings is 1. The second-order valence-corrected chi connectivity index (χ2v) is 15.1. The molecule has 11 rings (SSSR count). The molecule has 2 heterocycles.